The Labute approximate surface area is 147 Å². The van der Waals surface area contributed by atoms with E-state index < -0.39 is 5.69 Å². The van der Waals surface area contributed by atoms with E-state index in [4.69, 9.17) is 0 Å². The van der Waals surface area contributed by atoms with E-state index in [2.05, 4.69) is 15.1 Å². The predicted molar refractivity (Wildman–Crippen MR) is 93.7 cm³/mol. The molecule has 1 aliphatic heterocycles. The summed E-state index contributed by atoms with van der Waals surface area (Å²) in [5.74, 6) is -0.0475. The van der Waals surface area contributed by atoms with Crippen molar-refractivity contribution >= 4 is 16.8 Å². The first kappa shape index (κ1) is 16.2. The maximum atomic E-state index is 12.7. The molecule has 134 valence electrons. The molecule has 0 bridgehead atoms. The van der Waals surface area contributed by atoms with Gasteiger partial charge in [-0.25, -0.2) is 14.5 Å². The molecule has 0 unspecified atom stereocenters. The summed E-state index contributed by atoms with van der Waals surface area (Å²) in [7, 11) is 0. The minimum Gasteiger partial charge on any atom is -0.341 e. The number of nitrogens with one attached hydrogen (secondary N) is 1. The molecule has 0 atom stereocenters. The van der Waals surface area contributed by atoms with E-state index in [-0.39, 0.29) is 24.1 Å². The first-order valence-corrected chi connectivity index (χ1v) is 8.47. The van der Waals surface area contributed by atoms with Crippen molar-refractivity contribution in [3.63, 3.8) is 0 Å². The van der Waals surface area contributed by atoms with Crippen molar-refractivity contribution in [1.29, 1.82) is 0 Å². The summed E-state index contributed by atoms with van der Waals surface area (Å²) in [6.45, 7) is 1.13. The fourth-order valence-corrected chi connectivity index (χ4v) is 3.43. The van der Waals surface area contributed by atoms with Crippen LogP contribution in [0, 0.1) is 0 Å². The van der Waals surface area contributed by atoms with E-state index >= 15 is 0 Å². The highest BCUT2D eigenvalue weighted by molar-refractivity contribution is 5.77. The van der Waals surface area contributed by atoms with Gasteiger partial charge in [0.1, 0.15) is 19.2 Å². The Kier molecular flexibility index (Phi) is 4.11. The lowest BCUT2D eigenvalue weighted by atomic mass is 10.0. The first-order chi connectivity index (χ1) is 12.6. The average Bonchev–Trinajstić information content (AvgIpc) is 3.15. The molecular weight excluding hydrogens is 336 g/mol. The predicted octanol–water partition coefficient (Wildman–Crippen LogP) is 0.145. The fourth-order valence-electron chi connectivity index (χ4n) is 3.43. The van der Waals surface area contributed by atoms with Crippen molar-refractivity contribution < 1.29 is 4.79 Å². The summed E-state index contributed by atoms with van der Waals surface area (Å²) in [6, 6.07) is 6.76. The number of nitrogens with zero attached hydrogens (tertiary/aromatic N) is 5. The van der Waals surface area contributed by atoms with Gasteiger partial charge in [0.05, 0.1) is 10.9 Å². The lowest BCUT2D eigenvalue weighted by Gasteiger charge is -2.32. The number of piperidine rings is 1. The second-order valence-electron chi connectivity index (χ2n) is 6.36. The van der Waals surface area contributed by atoms with E-state index in [0.717, 1.165) is 0 Å². The summed E-state index contributed by atoms with van der Waals surface area (Å²) in [4.78, 5) is 45.8. The molecule has 0 aliphatic carbocycles. The Morgan fingerprint density at radius 3 is 2.69 bits per heavy atom. The molecule has 9 nitrogen and oxygen atoms in total. The maximum absolute atomic E-state index is 12.7. The number of rotatable bonds is 3. The molecule has 1 fully saturated rings. The quantitative estimate of drug-likeness (QED) is 0.720. The second kappa shape index (κ2) is 6.58. The third-order valence-corrected chi connectivity index (χ3v) is 4.78. The third kappa shape index (κ3) is 2.92. The molecule has 1 N–H and O–H groups in total. The van der Waals surface area contributed by atoms with Gasteiger partial charge in [0.2, 0.25) is 5.91 Å². The van der Waals surface area contributed by atoms with Crippen LogP contribution in [-0.4, -0.2) is 48.2 Å². The van der Waals surface area contributed by atoms with Gasteiger partial charge in [0.15, 0.2) is 0 Å². The van der Waals surface area contributed by atoms with Crippen LogP contribution >= 0.6 is 0 Å². The molecule has 0 spiro atoms. The SMILES string of the molecule is O=C(Cn1cncn1)N1CCC(n2c(=O)[nH]c3ccccc3c2=O)CC1. The lowest BCUT2D eigenvalue weighted by molar-refractivity contribution is -0.133. The van der Waals surface area contributed by atoms with Crippen LogP contribution in [0.15, 0.2) is 46.5 Å². The molecule has 2 aromatic heterocycles. The molecule has 0 radical (unpaired) electrons. The third-order valence-electron chi connectivity index (χ3n) is 4.78. The van der Waals surface area contributed by atoms with Gasteiger partial charge in [0.25, 0.3) is 5.56 Å². The van der Waals surface area contributed by atoms with E-state index in [9.17, 15) is 14.4 Å². The van der Waals surface area contributed by atoms with E-state index in [0.29, 0.717) is 36.8 Å². The van der Waals surface area contributed by atoms with Crippen LogP contribution in [0.1, 0.15) is 18.9 Å². The van der Waals surface area contributed by atoms with Crippen LogP contribution in [-0.2, 0) is 11.3 Å². The Morgan fingerprint density at radius 1 is 1.19 bits per heavy atom. The lowest BCUT2D eigenvalue weighted by Crippen LogP contribution is -2.45. The molecule has 1 aliphatic rings. The van der Waals surface area contributed by atoms with E-state index in [1.807, 2.05) is 0 Å². The van der Waals surface area contributed by atoms with Crippen LogP contribution in [0.3, 0.4) is 0 Å². The molecule has 9 heteroatoms. The minimum absolute atomic E-state index is 0.0475. The number of para-hydroxylation sites is 1. The maximum Gasteiger partial charge on any atom is 0.329 e. The number of likely N-dealkylation sites (tertiary alicyclic amines) is 1. The molecule has 3 heterocycles. The van der Waals surface area contributed by atoms with Crippen LogP contribution in [0.2, 0.25) is 0 Å². The Morgan fingerprint density at radius 2 is 1.96 bits per heavy atom. The standard InChI is InChI=1S/C17H18N6O3/c24-15(9-22-11-18-10-19-22)21-7-5-12(6-8-21)23-16(25)13-3-1-2-4-14(13)20-17(23)26/h1-4,10-12H,5-9H2,(H,20,26). The number of hydrogen-bond acceptors (Lipinski definition) is 5. The Balaban J connectivity index is 1.52. The van der Waals surface area contributed by atoms with E-state index in [1.165, 1.54) is 21.9 Å². The summed E-state index contributed by atoms with van der Waals surface area (Å²) in [5, 5.41) is 4.43. The number of aromatic nitrogens is 5. The van der Waals surface area contributed by atoms with Gasteiger partial charge in [0, 0.05) is 19.1 Å². The first-order valence-electron chi connectivity index (χ1n) is 8.47. The van der Waals surface area contributed by atoms with Crippen LogP contribution < -0.4 is 11.2 Å². The second-order valence-corrected chi connectivity index (χ2v) is 6.36. The number of carbonyl (C=O) groups is 1. The van der Waals surface area contributed by atoms with Gasteiger partial charge in [-0.15, -0.1) is 0 Å². The molecule has 26 heavy (non-hydrogen) atoms. The molecule has 4 rings (SSSR count). The van der Waals surface area contributed by atoms with Crippen molar-refractivity contribution in [2.24, 2.45) is 0 Å². The number of benzene rings is 1. The summed E-state index contributed by atoms with van der Waals surface area (Å²) in [5.41, 5.74) is -0.142. The van der Waals surface area contributed by atoms with Gasteiger partial charge in [-0.1, -0.05) is 12.1 Å². The van der Waals surface area contributed by atoms with Gasteiger partial charge in [-0.05, 0) is 25.0 Å². The zero-order chi connectivity index (χ0) is 18.1. The smallest absolute Gasteiger partial charge is 0.329 e. The van der Waals surface area contributed by atoms with Gasteiger partial charge in [-0.3, -0.25) is 14.2 Å². The van der Waals surface area contributed by atoms with Gasteiger partial charge >= 0.3 is 5.69 Å². The molecule has 1 amide bonds. The largest absolute Gasteiger partial charge is 0.341 e. The topological polar surface area (TPSA) is 106 Å². The average molecular weight is 354 g/mol. The Bertz CT molecular complexity index is 1040. The monoisotopic (exact) mass is 354 g/mol. The van der Waals surface area contributed by atoms with Crippen molar-refractivity contribution in [2.45, 2.75) is 25.4 Å². The summed E-state index contributed by atoms with van der Waals surface area (Å²) < 4.78 is 2.77. The van der Waals surface area contributed by atoms with Crippen molar-refractivity contribution in [2.75, 3.05) is 13.1 Å². The highest BCUT2D eigenvalue weighted by Gasteiger charge is 2.26. The molecule has 0 saturated carbocycles. The number of fused-ring (bicyclic) bond motifs is 1. The van der Waals surface area contributed by atoms with Crippen molar-refractivity contribution in [1.82, 2.24) is 29.2 Å². The number of H-pyrrole nitrogens is 1. The van der Waals surface area contributed by atoms with Gasteiger partial charge < -0.3 is 9.88 Å². The molecular formula is C17H18N6O3. The van der Waals surface area contributed by atoms with E-state index in [1.54, 1.807) is 29.2 Å². The van der Waals surface area contributed by atoms with Crippen molar-refractivity contribution in [3.8, 4) is 0 Å². The Hall–Kier alpha value is -3.23. The molecule has 1 aromatic carbocycles. The van der Waals surface area contributed by atoms with Crippen LogP contribution in [0.25, 0.3) is 10.9 Å². The zero-order valence-electron chi connectivity index (χ0n) is 14.0. The zero-order valence-corrected chi connectivity index (χ0v) is 14.0. The summed E-state index contributed by atoms with van der Waals surface area (Å²) >= 11 is 0. The number of hydrogen-bond donors (Lipinski definition) is 1. The fraction of sp³-hybridized carbons (Fsp3) is 0.353. The molecule has 3 aromatic rings. The highest BCUT2D eigenvalue weighted by atomic mass is 16.2. The summed E-state index contributed by atoms with van der Waals surface area (Å²) in [6.07, 6.45) is 4.01. The van der Waals surface area contributed by atoms with Gasteiger partial charge in [-0.2, -0.15) is 5.10 Å². The van der Waals surface area contributed by atoms with Crippen LogP contribution in [0.4, 0.5) is 0 Å². The number of carbonyl (C=O) groups excluding carboxylic acids is 1. The normalized spacial score (nSPS) is 15.5. The number of aromatic amines is 1. The van der Waals surface area contributed by atoms with Crippen molar-refractivity contribution in [3.05, 3.63) is 57.8 Å². The van der Waals surface area contributed by atoms with Crippen LogP contribution in [0.5, 0.6) is 0 Å². The highest BCUT2D eigenvalue weighted by Crippen LogP contribution is 2.20. The number of amides is 1. The molecule has 1 saturated heterocycles. The minimum atomic E-state index is -0.402.